The Labute approximate surface area is 144 Å². The number of hydrogen-bond donors (Lipinski definition) is 1. The summed E-state index contributed by atoms with van der Waals surface area (Å²) in [6.45, 7) is 0. The molecule has 5 nitrogen and oxygen atoms in total. The van der Waals surface area contributed by atoms with E-state index >= 15 is 0 Å². The monoisotopic (exact) mass is 348 g/mol. The first-order valence-corrected chi connectivity index (χ1v) is 8.02. The number of halogens is 1. The fourth-order valence-electron chi connectivity index (χ4n) is 2.63. The first-order chi connectivity index (χ1) is 11.6. The second-order valence-electron chi connectivity index (χ2n) is 5.50. The number of carbonyl (C=O) groups is 1. The third-order valence-electron chi connectivity index (χ3n) is 3.88. The highest BCUT2D eigenvalue weighted by Gasteiger charge is 2.33. The van der Waals surface area contributed by atoms with Crippen LogP contribution in [0.5, 0.6) is 11.5 Å². The van der Waals surface area contributed by atoms with Gasteiger partial charge in [-0.05, 0) is 24.6 Å². The van der Waals surface area contributed by atoms with Gasteiger partial charge in [0.15, 0.2) is 0 Å². The van der Waals surface area contributed by atoms with Crippen molar-refractivity contribution in [3.63, 3.8) is 0 Å². The average Bonchev–Trinajstić information content (AvgIpc) is 2.60. The van der Waals surface area contributed by atoms with E-state index in [1.165, 1.54) is 7.11 Å². The van der Waals surface area contributed by atoms with Crippen molar-refractivity contribution in [1.29, 1.82) is 0 Å². The molecule has 6 heteroatoms. The van der Waals surface area contributed by atoms with Gasteiger partial charge in [0.2, 0.25) is 6.29 Å². The van der Waals surface area contributed by atoms with E-state index in [1.54, 1.807) is 36.4 Å². The maximum absolute atomic E-state index is 12.4. The third kappa shape index (κ3) is 3.47. The number of ether oxygens (including phenoxy) is 3. The molecule has 0 bridgehead atoms. The van der Waals surface area contributed by atoms with Gasteiger partial charge in [-0.2, -0.15) is 0 Å². The Morgan fingerprint density at radius 1 is 1.38 bits per heavy atom. The molecule has 1 aliphatic heterocycles. The molecule has 0 aromatic heterocycles. The molecule has 3 rings (SSSR count). The Morgan fingerprint density at radius 2 is 2.17 bits per heavy atom. The van der Waals surface area contributed by atoms with Gasteiger partial charge in [-0.1, -0.05) is 23.8 Å². The van der Waals surface area contributed by atoms with Crippen molar-refractivity contribution in [3.8, 4) is 11.5 Å². The highest BCUT2D eigenvalue weighted by Crippen LogP contribution is 2.34. The predicted octanol–water partition coefficient (Wildman–Crippen LogP) is 2.94. The minimum absolute atomic E-state index is 0.0794. The minimum atomic E-state index is -1.35. The van der Waals surface area contributed by atoms with Crippen molar-refractivity contribution in [2.75, 3.05) is 13.0 Å². The number of aliphatic hydroxyl groups is 1. The maximum atomic E-state index is 12.4. The molecule has 2 atom stereocenters. The Kier molecular flexibility index (Phi) is 4.92. The number of aliphatic hydroxyl groups excluding tert-OH is 1. The van der Waals surface area contributed by atoms with E-state index in [0.717, 1.165) is 5.57 Å². The molecule has 2 unspecified atom stereocenters. The number of benzene rings is 1. The summed E-state index contributed by atoms with van der Waals surface area (Å²) in [5.41, 5.74) is 1.12. The Bertz CT molecular complexity index is 735. The van der Waals surface area contributed by atoms with Gasteiger partial charge in [-0.15, -0.1) is 11.6 Å². The molecule has 1 aromatic rings. The van der Waals surface area contributed by atoms with Gasteiger partial charge < -0.3 is 19.3 Å². The smallest absolute Gasteiger partial charge is 0.345 e. The molecular formula is C18H17ClO5. The molecule has 24 heavy (non-hydrogen) atoms. The second kappa shape index (κ2) is 7.11. The van der Waals surface area contributed by atoms with E-state index in [9.17, 15) is 9.90 Å². The highest BCUT2D eigenvalue weighted by molar-refractivity contribution is 6.19. The molecule has 0 spiro atoms. The van der Waals surface area contributed by atoms with E-state index in [4.69, 9.17) is 25.8 Å². The summed E-state index contributed by atoms with van der Waals surface area (Å²) in [5.74, 6) is 1.16. The quantitative estimate of drug-likeness (QED) is 0.515. The standard InChI is InChI=1S/C18H17ClO5/c1-22-13-3-2-4-14(9-13)23-17(20)15-8-12-7-11(10-19)5-6-16(12)24-18(15)21/h2-6,8-9,12,18,21H,7,10H2,1H3. The lowest BCUT2D eigenvalue weighted by molar-refractivity contribution is -0.136. The van der Waals surface area contributed by atoms with E-state index in [0.29, 0.717) is 29.6 Å². The van der Waals surface area contributed by atoms with Crippen molar-refractivity contribution in [3.05, 3.63) is 59.4 Å². The van der Waals surface area contributed by atoms with Crippen molar-refractivity contribution in [2.45, 2.75) is 12.7 Å². The Balaban J connectivity index is 1.78. The van der Waals surface area contributed by atoms with Crippen LogP contribution < -0.4 is 9.47 Å². The first kappa shape index (κ1) is 16.6. The van der Waals surface area contributed by atoms with Crippen LogP contribution in [0.3, 0.4) is 0 Å². The Hall–Kier alpha value is -2.24. The molecule has 2 aliphatic rings. The summed E-state index contributed by atoms with van der Waals surface area (Å²) in [7, 11) is 1.53. The number of hydrogen-bond acceptors (Lipinski definition) is 5. The number of rotatable bonds is 4. The van der Waals surface area contributed by atoms with Gasteiger partial charge in [-0.3, -0.25) is 0 Å². The summed E-state index contributed by atoms with van der Waals surface area (Å²) in [5, 5.41) is 10.1. The molecular weight excluding hydrogens is 332 g/mol. The molecule has 126 valence electrons. The van der Waals surface area contributed by atoms with E-state index in [1.807, 2.05) is 6.08 Å². The van der Waals surface area contributed by atoms with Gasteiger partial charge in [0, 0.05) is 17.9 Å². The van der Waals surface area contributed by atoms with Crippen molar-refractivity contribution >= 4 is 17.6 Å². The van der Waals surface area contributed by atoms with E-state index in [2.05, 4.69) is 0 Å². The lowest BCUT2D eigenvalue weighted by atomic mass is 9.89. The van der Waals surface area contributed by atoms with Crippen LogP contribution in [-0.4, -0.2) is 30.4 Å². The summed E-state index contributed by atoms with van der Waals surface area (Å²) in [4.78, 5) is 12.4. The molecule has 1 N–H and O–H groups in total. The van der Waals surface area contributed by atoms with Crippen LogP contribution in [0.1, 0.15) is 6.42 Å². The number of methoxy groups -OCH3 is 1. The van der Waals surface area contributed by atoms with Crippen molar-refractivity contribution < 1.29 is 24.1 Å². The summed E-state index contributed by atoms with van der Waals surface area (Å²) >= 11 is 5.86. The first-order valence-electron chi connectivity index (χ1n) is 7.49. The highest BCUT2D eigenvalue weighted by atomic mass is 35.5. The van der Waals surface area contributed by atoms with Gasteiger partial charge in [0.1, 0.15) is 22.8 Å². The van der Waals surface area contributed by atoms with E-state index in [-0.39, 0.29) is 11.5 Å². The maximum Gasteiger partial charge on any atom is 0.345 e. The van der Waals surface area contributed by atoms with Gasteiger partial charge >= 0.3 is 5.97 Å². The summed E-state index contributed by atoms with van der Waals surface area (Å²) in [6.07, 6.45) is 4.63. The van der Waals surface area contributed by atoms with Crippen LogP contribution >= 0.6 is 11.6 Å². The summed E-state index contributed by atoms with van der Waals surface area (Å²) < 4.78 is 15.8. The summed E-state index contributed by atoms with van der Waals surface area (Å²) in [6, 6.07) is 6.68. The van der Waals surface area contributed by atoms with Crippen LogP contribution in [0.25, 0.3) is 0 Å². The van der Waals surface area contributed by atoms with Crippen molar-refractivity contribution in [2.24, 2.45) is 5.92 Å². The average molecular weight is 349 g/mol. The van der Waals surface area contributed by atoms with Gasteiger partial charge in [0.05, 0.1) is 7.11 Å². The van der Waals surface area contributed by atoms with Crippen LogP contribution in [0.2, 0.25) is 0 Å². The molecule has 0 radical (unpaired) electrons. The van der Waals surface area contributed by atoms with Crippen LogP contribution in [0.4, 0.5) is 0 Å². The third-order valence-corrected chi connectivity index (χ3v) is 4.23. The topological polar surface area (TPSA) is 65.0 Å². The number of carbonyl (C=O) groups excluding carboxylic acids is 1. The van der Waals surface area contributed by atoms with Crippen LogP contribution in [0, 0.1) is 5.92 Å². The lowest BCUT2D eigenvalue weighted by Crippen LogP contribution is -2.31. The zero-order valence-electron chi connectivity index (χ0n) is 13.1. The minimum Gasteiger partial charge on any atom is -0.497 e. The molecule has 0 fully saturated rings. The van der Waals surface area contributed by atoms with E-state index < -0.39 is 12.3 Å². The van der Waals surface area contributed by atoms with Gasteiger partial charge in [0.25, 0.3) is 0 Å². The van der Waals surface area contributed by atoms with Crippen LogP contribution in [-0.2, 0) is 9.53 Å². The SMILES string of the molecule is COc1cccc(OC(=O)C2=CC3CC(CCl)=CC=C3OC2O)c1. The Morgan fingerprint density at radius 3 is 2.92 bits per heavy atom. The fraction of sp³-hybridized carbons (Fsp3) is 0.278. The zero-order valence-corrected chi connectivity index (χ0v) is 13.8. The van der Waals surface area contributed by atoms with Gasteiger partial charge in [-0.25, -0.2) is 4.79 Å². The molecule has 1 aliphatic carbocycles. The lowest BCUT2D eigenvalue weighted by Gasteiger charge is -2.30. The van der Waals surface area contributed by atoms with Crippen LogP contribution in [0.15, 0.2) is 59.4 Å². The molecule has 0 amide bonds. The second-order valence-corrected chi connectivity index (χ2v) is 5.77. The number of fused-ring (bicyclic) bond motifs is 1. The molecule has 1 aromatic carbocycles. The number of esters is 1. The molecule has 1 heterocycles. The predicted molar refractivity (Wildman–Crippen MR) is 88.8 cm³/mol. The van der Waals surface area contributed by atoms with Crippen molar-refractivity contribution in [1.82, 2.24) is 0 Å². The largest absolute Gasteiger partial charge is 0.497 e. The number of alkyl halides is 1. The molecule has 0 saturated carbocycles. The number of allylic oxidation sites excluding steroid dienone is 4. The zero-order chi connectivity index (χ0) is 17.1. The normalized spacial score (nSPS) is 22.4. The fourth-order valence-corrected chi connectivity index (χ4v) is 2.83. The molecule has 0 saturated heterocycles.